The van der Waals surface area contributed by atoms with Crippen molar-refractivity contribution in [2.75, 3.05) is 11.9 Å². The van der Waals surface area contributed by atoms with Crippen LogP contribution in [0.15, 0.2) is 54.6 Å². The summed E-state index contributed by atoms with van der Waals surface area (Å²) in [6.07, 6.45) is 0.856. The van der Waals surface area contributed by atoms with Crippen LogP contribution in [0.4, 0.5) is 5.69 Å². The SMILES string of the molecule is CC(Cc1ccccc1)NC(=O)C1CNc2ccccc21. The second-order valence-corrected chi connectivity index (χ2v) is 5.62. The van der Waals surface area contributed by atoms with Crippen molar-refractivity contribution in [2.24, 2.45) is 0 Å². The second-order valence-electron chi connectivity index (χ2n) is 5.62. The number of carbonyl (C=O) groups is 1. The summed E-state index contributed by atoms with van der Waals surface area (Å²) < 4.78 is 0. The molecule has 3 rings (SSSR count). The van der Waals surface area contributed by atoms with Crippen LogP contribution in [0.3, 0.4) is 0 Å². The molecule has 2 aromatic rings. The Balaban J connectivity index is 1.62. The summed E-state index contributed by atoms with van der Waals surface area (Å²) in [7, 11) is 0. The fourth-order valence-corrected chi connectivity index (χ4v) is 2.88. The molecule has 1 heterocycles. The number of carbonyl (C=O) groups excluding carboxylic acids is 1. The lowest BCUT2D eigenvalue weighted by atomic mass is 9.99. The minimum absolute atomic E-state index is 0.0839. The Labute approximate surface area is 125 Å². The van der Waals surface area contributed by atoms with Crippen molar-refractivity contribution in [1.29, 1.82) is 0 Å². The van der Waals surface area contributed by atoms with Gasteiger partial charge in [0, 0.05) is 18.3 Å². The highest BCUT2D eigenvalue weighted by Crippen LogP contribution is 2.31. The third-order valence-electron chi connectivity index (χ3n) is 3.92. The quantitative estimate of drug-likeness (QED) is 0.904. The van der Waals surface area contributed by atoms with E-state index in [0.717, 1.165) is 17.7 Å². The molecule has 1 amide bonds. The molecule has 108 valence electrons. The first-order valence-electron chi connectivity index (χ1n) is 7.41. The molecule has 0 saturated heterocycles. The molecule has 0 spiro atoms. The van der Waals surface area contributed by atoms with Crippen molar-refractivity contribution in [1.82, 2.24) is 5.32 Å². The first kappa shape index (κ1) is 13.7. The predicted molar refractivity (Wildman–Crippen MR) is 85.4 cm³/mol. The third kappa shape index (κ3) is 3.07. The normalized spacial score (nSPS) is 17.7. The molecule has 3 heteroatoms. The van der Waals surface area contributed by atoms with Gasteiger partial charge in [-0.3, -0.25) is 4.79 Å². The molecule has 0 radical (unpaired) electrons. The minimum Gasteiger partial charge on any atom is -0.384 e. The molecular formula is C18H20N2O. The van der Waals surface area contributed by atoms with Gasteiger partial charge in [0.15, 0.2) is 0 Å². The van der Waals surface area contributed by atoms with Gasteiger partial charge in [-0.05, 0) is 30.5 Å². The van der Waals surface area contributed by atoms with E-state index in [9.17, 15) is 4.79 Å². The van der Waals surface area contributed by atoms with Crippen LogP contribution < -0.4 is 10.6 Å². The number of amides is 1. The third-order valence-corrected chi connectivity index (χ3v) is 3.92. The van der Waals surface area contributed by atoms with Crippen molar-refractivity contribution in [3.8, 4) is 0 Å². The van der Waals surface area contributed by atoms with Gasteiger partial charge in [0.25, 0.3) is 0 Å². The van der Waals surface area contributed by atoms with Crippen molar-refractivity contribution in [3.63, 3.8) is 0 Å². The van der Waals surface area contributed by atoms with Gasteiger partial charge in [0.1, 0.15) is 0 Å². The van der Waals surface area contributed by atoms with Crippen LogP contribution >= 0.6 is 0 Å². The smallest absolute Gasteiger partial charge is 0.229 e. The minimum atomic E-state index is -0.0839. The summed E-state index contributed by atoms with van der Waals surface area (Å²) in [6, 6.07) is 18.4. The lowest BCUT2D eigenvalue weighted by Crippen LogP contribution is -2.38. The van der Waals surface area contributed by atoms with E-state index in [1.807, 2.05) is 42.5 Å². The van der Waals surface area contributed by atoms with Crippen LogP contribution in [0.2, 0.25) is 0 Å². The average molecular weight is 280 g/mol. The topological polar surface area (TPSA) is 41.1 Å². The number of benzene rings is 2. The molecule has 0 fully saturated rings. The van der Waals surface area contributed by atoms with Crippen LogP contribution in [-0.2, 0) is 11.2 Å². The molecule has 2 unspecified atom stereocenters. The lowest BCUT2D eigenvalue weighted by Gasteiger charge is -2.17. The summed E-state index contributed by atoms with van der Waals surface area (Å²) in [5.41, 5.74) is 3.42. The van der Waals surface area contributed by atoms with E-state index in [4.69, 9.17) is 0 Å². The van der Waals surface area contributed by atoms with Gasteiger partial charge in [-0.25, -0.2) is 0 Å². The van der Waals surface area contributed by atoms with Gasteiger partial charge in [0.05, 0.1) is 5.92 Å². The Hall–Kier alpha value is -2.29. The second kappa shape index (κ2) is 6.00. The van der Waals surface area contributed by atoms with Crippen molar-refractivity contribution < 1.29 is 4.79 Å². The molecule has 0 bridgehead atoms. The molecular weight excluding hydrogens is 260 g/mol. The van der Waals surface area contributed by atoms with E-state index < -0.39 is 0 Å². The van der Waals surface area contributed by atoms with Gasteiger partial charge in [0.2, 0.25) is 5.91 Å². The fourth-order valence-electron chi connectivity index (χ4n) is 2.88. The average Bonchev–Trinajstić information content (AvgIpc) is 2.92. The highest BCUT2D eigenvalue weighted by Gasteiger charge is 2.28. The molecule has 0 saturated carbocycles. The number of hydrogen-bond donors (Lipinski definition) is 2. The molecule has 2 atom stereocenters. The maximum absolute atomic E-state index is 12.5. The number of para-hydroxylation sites is 1. The summed E-state index contributed by atoms with van der Waals surface area (Å²) in [6.45, 7) is 2.74. The highest BCUT2D eigenvalue weighted by molar-refractivity contribution is 5.88. The van der Waals surface area contributed by atoms with E-state index in [1.54, 1.807) is 0 Å². The number of rotatable bonds is 4. The summed E-state index contributed by atoms with van der Waals surface area (Å²) in [5, 5.41) is 6.43. The van der Waals surface area contributed by atoms with Gasteiger partial charge in [-0.2, -0.15) is 0 Å². The number of anilines is 1. The van der Waals surface area contributed by atoms with Crippen molar-refractivity contribution in [3.05, 3.63) is 65.7 Å². The first-order valence-corrected chi connectivity index (χ1v) is 7.41. The van der Waals surface area contributed by atoms with Gasteiger partial charge < -0.3 is 10.6 Å². The van der Waals surface area contributed by atoms with E-state index >= 15 is 0 Å². The summed E-state index contributed by atoms with van der Waals surface area (Å²) in [4.78, 5) is 12.5. The molecule has 0 aliphatic carbocycles. The van der Waals surface area contributed by atoms with Crippen LogP contribution in [0.5, 0.6) is 0 Å². The maximum atomic E-state index is 12.5. The number of nitrogens with one attached hydrogen (secondary N) is 2. The summed E-state index contributed by atoms with van der Waals surface area (Å²) in [5.74, 6) is 0.0234. The molecule has 1 aliphatic heterocycles. The zero-order valence-corrected chi connectivity index (χ0v) is 12.2. The summed E-state index contributed by atoms with van der Waals surface area (Å²) >= 11 is 0. The van der Waals surface area contributed by atoms with Gasteiger partial charge >= 0.3 is 0 Å². The monoisotopic (exact) mass is 280 g/mol. The van der Waals surface area contributed by atoms with Gasteiger partial charge in [-0.15, -0.1) is 0 Å². The molecule has 1 aliphatic rings. The largest absolute Gasteiger partial charge is 0.384 e. The molecule has 2 N–H and O–H groups in total. The first-order chi connectivity index (χ1) is 10.2. The van der Waals surface area contributed by atoms with E-state index in [1.165, 1.54) is 5.56 Å². The highest BCUT2D eigenvalue weighted by atomic mass is 16.2. The van der Waals surface area contributed by atoms with Crippen LogP contribution in [-0.4, -0.2) is 18.5 Å². The Morgan fingerprint density at radius 3 is 2.71 bits per heavy atom. The Kier molecular flexibility index (Phi) is 3.91. The molecule has 0 aromatic heterocycles. The van der Waals surface area contributed by atoms with Crippen LogP contribution in [0.25, 0.3) is 0 Å². The standard InChI is InChI=1S/C18H20N2O/c1-13(11-14-7-3-2-4-8-14)20-18(21)16-12-19-17-10-6-5-9-15(16)17/h2-10,13,16,19H,11-12H2,1H3,(H,20,21). The molecule has 21 heavy (non-hydrogen) atoms. The lowest BCUT2D eigenvalue weighted by molar-refractivity contribution is -0.122. The molecule has 2 aromatic carbocycles. The zero-order valence-electron chi connectivity index (χ0n) is 12.2. The van der Waals surface area contributed by atoms with E-state index in [-0.39, 0.29) is 17.9 Å². The Bertz CT molecular complexity index is 624. The van der Waals surface area contributed by atoms with E-state index in [2.05, 4.69) is 29.7 Å². The Morgan fingerprint density at radius 2 is 1.90 bits per heavy atom. The fraction of sp³-hybridized carbons (Fsp3) is 0.278. The molecule has 3 nitrogen and oxygen atoms in total. The van der Waals surface area contributed by atoms with E-state index in [0.29, 0.717) is 6.54 Å². The van der Waals surface area contributed by atoms with Crippen molar-refractivity contribution >= 4 is 11.6 Å². The number of fused-ring (bicyclic) bond motifs is 1. The van der Waals surface area contributed by atoms with Gasteiger partial charge in [-0.1, -0.05) is 48.5 Å². The van der Waals surface area contributed by atoms with Crippen LogP contribution in [0, 0.1) is 0 Å². The number of hydrogen-bond acceptors (Lipinski definition) is 2. The van der Waals surface area contributed by atoms with Crippen LogP contribution in [0.1, 0.15) is 24.0 Å². The maximum Gasteiger partial charge on any atom is 0.229 e. The zero-order chi connectivity index (χ0) is 14.7. The predicted octanol–water partition coefficient (Wildman–Crippen LogP) is 2.94. The van der Waals surface area contributed by atoms with Crippen molar-refractivity contribution in [2.45, 2.75) is 25.3 Å². The Morgan fingerprint density at radius 1 is 1.19 bits per heavy atom.